The molecule has 7 aliphatic carbocycles. The molecule has 0 bridgehead atoms. The summed E-state index contributed by atoms with van der Waals surface area (Å²) in [4.78, 5) is 2.50. The van der Waals surface area contributed by atoms with Crippen molar-refractivity contribution in [2.75, 3.05) is 4.90 Å². The molecule has 2 unspecified atom stereocenters. The van der Waals surface area contributed by atoms with Crippen molar-refractivity contribution in [2.24, 2.45) is 0 Å². The summed E-state index contributed by atoms with van der Waals surface area (Å²) in [5, 5.41) is 0. The molecule has 2 nitrogen and oxygen atoms in total. The summed E-state index contributed by atoms with van der Waals surface area (Å²) in [5.74, 6) is 0.668. The molecule has 5 aromatic carbocycles. The van der Waals surface area contributed by atoms with E-state index in [0.29, 0.717) is 11.8 Å². The van der Waals surface area contributed by atoms with Crippen molar-refractivity contribution in [3.05, 3.63) is 237 Å². The number of hydrogen-bond donors (Lipinski definition) is 0. The highest BCUT2D eigenvalue weighted by atomic mass is 15.1. The SMILES string of the molecule is CC1c2c3c(n(C4=CC=CCC4)c2C=CC1c1ccc(N(c2ccc(C4=CCCC=C4)cc2)c2ccc4c(c2)[C@]2(C5=C(C=CCC5)c5ccccc52)c2ccccc2-4)cc1)C=CCC3. The van der Waals surface area contributed by atoms with Crippen molar-refractivity contribution >= 4 is 46.1 Å². The number of fused-ring (bicyclic) bond motifs is 12. The summed E-state index contributed by atoms with van der Waals surface area (Å²) < 4.78 is 2.58. The predicted octanol–water partition coefficient (Wildman–Crippen LogP) is 16.2. The van der Waals surface area contributed by atoms with Crippen molar-refractivity contribution in [3.8, 4) is 11.1 Å². The minimum Gasteiger partial charge on any atom is -0.314 e. The number of rotatable bonds is 6. The van der Waals surface area contributed by atoms with E-state index in [1.165, 1.54) is 84.1 Å². The molecule has 0 aliphatic heterocycles. The Hall–Kier alpha value is -6.90. The third kappa shape index (κ3) is 5.51. The van der Waals surface area contributed by atoms with Gasteiger partial charge in [0.15, 0.2) is 0 Å². The summed E-state index contributed by atoms with van der Waals surface area (Å²) in [6.07, 6.45) is 37.0. The van der Waals surface area contributed by atoms with E-state index in [1.807, 2.05) is 0 Å². The first-order valence-electron chi connectivity index (χ1n) is 23.8. The number of anilines is 3. The average molecular weight is 825 g/mol. The van der Waals surface area contributed by atoms with Crippen molar-refractivity contribution in [3.63, 3.8) is 0 Å². The molecule has 310 valence electrons. The molecule has 0 amide bonds. The predicted molar refractivity (Wildman–Crippen MR) is 269 cm³/mol. The topological polar surface area (TPSA) is 8.17 Å². The molecule has 64 heavy (non-hydrogen) atoms. The minimum absolute atomic E-state index is 0.296. The molecular weight excluding hydrogens is 773 g/mol. The van der Waals surface area contributed by atoms with Crippen LogP contribution in [0.25, 0.3) is 40.1 Å². The number of allylic oxidation sites excluding steroid dienone is 14. The minimum atomic E-state index is -0.321. The Balaban J connectivity index is 0.933. The largest absolute Gasteiger partial charge is 0.314 e. The second kappa shape index (κ2) is 14.8. The highest BCUT2D eigenvalue weighted by Crippen LogP contribution is 2.64. The summed E-state index contributed by atoms with van der Waals surface area (Å²) in [6.45, 7) is 2.46. The van der Waals surface area contributed by atoms with Gasteiger partial charge >= 0.3 is 0 Å². The van der Waals surface area contributed by atoms with Gasteiger partial charge in [0.2, 0.25) is 0 Å². The van der Waals surface area contributed by atoms with Gasteiger partial charge in [0, 0.05) is 40.1 Å². The molecule has 13 rings (SSSR count). The lowest BCUT2D eigenvalue weighted by Gasteiger charge is -2.34. The maximum atomic E-state index is 2.58. The molecule has 1 heterocycles. The Labute approximate surface area is 378 Å². The van der Waals surface area contributed by atoms with Crippen molar-refractivity contribution < 1.29 is 0 Å². The van der Waals surface area contributed by atoms with Crippen molar-refractivity contribution in [1.29, 1.82) is 0 Å². The first kappa shape index (κ1) is 37.6. The molecule has 0 saturated heterocycles. The van der Waals surface area contributed by atoms with E-state index in [0.717, 1.165) is 57.1 Å². The number of hydrogen-bond acceptors (Lipinski definition) is 1. The zero-order chi connectivity index (χ0) is 42.4. The van der Waals surface area contributed by atoms with Crippen LogP contribution >= 0.6 is 0 Å². The molecule has 1 aromatic heterocycles. The Morgan fingerprint density at radius 1 is 0.578 bits per heavy atom. The van der Waals surface area contributed by atoms with Crippen molar-refractivity contribution in [2.45, 2.75) is 75.5 Å². The third-order valence-electron chi connectivity index (χ3n) is 15.5. The fraction of sp³-hybridized carbons (Fsp3) is 0.194. The van der Waals surface area contributed by atoms with E-state index >= 15 is 0 Å². The highest BCUT2D eigenvalue weighted by Gasteiger charge is 2.52. The summed E-state index contributed by atoms with van der Waals surface area (Å²) in [6, 6.07) is 44.6. The highest BCUT2D eigenvalue weighted by molar-refractivity contribution is 5.98. The van der Waals surface area contributed by atoms with Gasteiger partial charge in [-0.3, -0.25) is 0 Å². The van der Waals surface area contributed by atoms with Crippen LogP contribution in [0.3, 0.4) is 0 Å². The van der Waals surface area contributed by atoms with Crippen LogP contribution in [0.1, 0.15) is 120 Å². The Morgan fingerprint density at radius 3 is 2.08 bits per heavy atom. The van der Waals surface area contributed by atoms with Crippen LogP contribution in [-0.2, 0) is 11.8 Å². The number of nitrogens with zero attached hydrogens (tertiary/aromatic N) is 2. The molecule has 7 aliphatic rings. The number of aromatic nitrogens is 1. The summed E-state index contributed by atoms with van der Waals surface area (Å²) in [5.41, 5.74) is 25.7. The molecule has 3 atom stereocenters. The van der Waals surface area contributed by atoms with Crippen LogP contribution in [0.4, 0.5) is 17.1 Å². The molecule has 0 radical (unpaired) electrons. The molecule has 1 spiro atoms. The number of benzene rings is 5. The van der Waals surface area contributed by atoms with Gasteiger partial charge in [-0.1, -0.05) is 140 Å². The second-order valence-corrected chi connectivity index (χ2v) is 18.8. The summed E-state index contributed by atoms with van der Waals surface area (Å²) >= 11 is 0. The Kier molecular flexibility index (Phi) is 8.73. The van der Waals surface area contributed by atoms with Gasteiger partial charge in [-0.15, -0.1) is 0 Å². The van der Waals surface area contributed by atoms with Crippen LogP contribution in [0.15, 0.2) is 182 Å². The van der Waals surface area contributed by atoms with E-state index in [9.17, 15) is 0 Å². The monoisotopic (exact) mass is 824 g/mol. The lowest BCUT2D eigenvalue weighted by Crippen LogP contribution is -2.28. The van der Waals surface area contributed by atoms with E-state index < -0.39 is 0 Å². The zero-order valence-corrected chi connectivity index (χ0v) is 36.6. The average Bonchev–Trinajstić information content (AvgIpc) is 3.97. The van der Waals surface area contributed by atoms with Crippen LogP contribution < -0.4 is 4.90 Å². The van der Waals surface area contributed by atoms with E-state index in [1.54, 1.807) is 16.7 Å². The maximum Gasteiger partial charge on any atom is 0.0689 e. The van der Waals surface area contributed by atoms with E-state index in [-0.39, 0.29) is 5.41 Å². The van der Waals surface area contributed by atoms with Gasteiger partial charge in [0.1, 0.15) is 0 Å². The van der Waals surface area contributed by atoms with Crippen molar-refractivity contribution in [1.82, 2.24) is 4.57 Å². The van der Waals surface area contributed by atoms with Gasteiger partial charge in [-0.2, -0.15) is 0 Å². The normalized spacial score (nSPS) is 21.8. The lowest BCUT2D eigenvalue weighted by molar-refractivity contribution is 0.660. The molecule has 0 fully saturated rings. The first-order valence-corrected chi connectivity index (χ1v) is 23.8. The third-order valence-corrected chi connectivity index (χ3v) is 15.5. The summed E-state index contributed by atoms with van der Waals surface area (Å²) in [7, 11) is 0. The Bertz CT molecular complexity index is 3170. The second-order valence-electron chi connectivity index (χ2n) is 18.8. The van der Waals surface area contributed by atoms with Gasteiger partial charge in [-0.25, -0.2) is 0 Å². The van der Waals surface area contributed by atoms with Gasteiger partial charge in [-0.05, 0) is 184 Å². The lowest BCUT2D eigenvalue weighted by atomic mass is 9.68. The van der Waals surface area contributed by atoms with Crippen LogP contribution in [0.2, 0.25) is 0 Å². The maximum absolute atomic E-state index is 2.58. The Morgan fingerprint density at radius 2 is 1.28 bits per heavy atom. The standard InChI is InChI=1S/C62H52N2/c1-41-49(38-39-60-61(41)54-23-11-15-27-59(54)64(60)45-18-6-3-7-19-45)44-30-34-47(35-31-44)63(46-32-28-43(29-33-46)42-16-4-2-5-17-42)48-36-37-53-52-22-10-14-26-57(52)62(58(53)40-48)55-24-12-8-20-50(55)51-21-9-13-25-56(51)62/h3-4,6,8-10,12,14-18,20-22,24,26-41,49H,2,5,7,11,13,19,23,25H2,1H3/t41?,49?,62-/m1/s1. The molecule has 0 saturated carbocycles. The van der Waals surface area contributed by atoms with Crippen LogP contribution in [0.5, 0.6) is 0 Å². The smallest absolute Gasteiger partial charge is 0.0689 e. The molecule has 0 N–H and O–H groups in total. The zero-order valence-electron chi connectivity index (χ0n) is 36.6. The van der Waals surface area contributed by atoms with Gasteiger partial charge in [0.25, 0.3) is 0 Å². The molecular formula is C62H52N2. The molecule has 6 aromatic rings. The fourth-order valence-electron chi connectivity index (χ4n) is 12.7. The first-order chi connectivity index (χ1) is 31.7. The van der Waals surface area contributed by atoms with Crippen LogP contribution in [-0.4, -0.2) is 4.57 Å². The molecule has 2 heteroatoms. The van der Waals surface area contributed by atoms with Crippen LogP contribution in [0, 0.1) is 0 Å². The quantitative estimate of drug-likeness (QED) is 0.162. The van der Waals surface area contributed by atoms with E-state index in [2.05, 4.69) is 205 Å². The van der Waals surface area contributed by atoms with E-state index in [4.69, 9.17) is 0 Å². The van der Waals surface area contributed by atoms with Gasteiger partial charge in [0.05, 0.1) is 5.41 Å². The van der Waals surface area contributed by atoms with Gasteiger partial charge < -0.3 is 9.47 Å². The fourth-order valence-corrected chi connectivity index (χ4v) is 12.7.